The van der Waals surface area contributed by atoms with Crippen LogP contribution in [-0.2, 0) is 59.0 Å². The van der Waals surface area contributed by atoms with Crippen LogP contribution in [0.3, 0.4) is 0 Å². The second kappa shape index (κ2) is 11.1. The molecule has 0 saturated heterocycles. The van der Waals surface area contributed by atoms with Gasteiger partial charge >= 0.3 is 0 Å². The third-order valence-electron chi connectivity index (χ3n) is 3.34. The average molecular weight is 358 g/mol. The zero-order valence-corrected chi connectivity index (χ0v) is 15.3. The van der Waals surface area contributed by atoms with E-state index in [-0.39, 0.29) is 40.1 Å². The van der Waals surface area contributed by atoms with Crippen LogP contribution in [0.4, 0.5) is 0 Å². The second-order valence-corrected chi connectivity index (χ2v) is 4.97. The molecule has 0 aliphatic carbocycles. The predicted molar refractivity (Wildman–Crippen MR) is 84.6 cm³/mol. The summed E-state index contributed by atoms with van der Waals surface area (Å²) in [6.07, 6.45) is 12.9. The van der Waals surface area contributed by atoms with Crippen LogP contribution >= 0.6 is 0 Å². The summed E-state index contributed by atoms with van der Waals surface area (Å²) in [6, 6.07) is 8.84. The molecule has 0 unspecified atom stereocenters. The molecule has 0 fully saturated rings. The van der Waals surface area contributed by atoms with Gasteiger partial charge in [-0.3, -0.25) is 0 Å². The summed E-state index contributed by atoms with van der Waals surface area (Å²) in [5.74, 6) is 0. The van der Waals surface area contributed by atoms with Gasteiger partial charge in [-0.25, -0.2) is 9.13 Å². The van der Waals surface area contributed by atoms with Gasteiger partial charge in [0.15, 0.2) is 24.8 Å². The van der Waals surface area contributed by atoms with E-state index in [4.69, 9.17) is 0 Å². The minimum Gasteiger partial charge on any atom is -0.214 e. The van der Waals surface area contributed by atoms with Crippen molar-refractivity contribution in [3.63, 3.8) is 0 Å². The van der Waals surface area contributed by atoms with E-state index in [1.807, 2.05) is 7.05 Å². The summed E-state index contributed by atoms with van der Waals surface area (Å²) in [5.41, 5.74) is 2.80. The first-order chi connectivity index (χ1) is 9.28. The molecule has 21 heavy (non-hydrogen) atoms. The molecule has 2 nitrogen and oxygen atoms in total. The van der Waals surface area contributed by atoms with Gasteiger partial charge < -0.3 is 0 Å². The van der Waals surface area contributed by atoms with Crippen molar-refractivity contribution in [2.75, 3.05) is 0 Å². The molecule has 0 aliphatic rings. The van der Waals surface area contributed by atoms with Crippen LogP contribution in [0.25, 0.3) is 0 Å². The summed E-state index contributed by atoms with van der Waals surface area (Å²) in [5, 5.41) is 0. The number of pyridine rings is 2. The van der Waals surface area contributed by atoms with Crippen LogP contribution in [0, 0.1) is 0 Å². The monoisotopic (exact) mass is 358 g/mol. The Bertz CT molecular complexity index is 497. The van der Waals surface area contributed by atoms with E-state index in [1.54, 1.807) is 0 Å². The van der Waals surface area contributed by atoms with Gasteiger partial charge in [0.2, 0.25) is 7.28 Å². The van der Waals surface area contributed by atoms with Gasteiger partial charge in [0, 0.05) is 57.0 Å². The van der Waals surface area contributed by atoms with Crippen LogP contribution in [0.5, 0.6) is 0 Å². The van der Waals surface area contributed by atoms with Crippen LogP contribution in [0.1, 0.15) is 25.5 Å². The molecule has 0 N–H and O–H groups in total. The van der Waals surface area contributed by atoms with Crippen molar-refractivity contribution in [3.05, 3.63) is 60.2 Å². The van der Waals surface area contributed by atoms with E-state index >= 15 is 0 Å². The molecule has 0 saturated carbocycles. The van der Waals surface area contributed by atoms with Crippen molar-refractivity contribution >= 4 is 7.28 Å². The van der Waals surface area contributed by atoms with Gasteiger partial charge in [0.05, 0.1) is 0 Å². The number of nitrogens with zero attached hydrogens (tertiary/aromatic N) is 2. The van der Waals surface area contributed by atoms with Crippen LogP contribution in [0.2, 0.25) is 6.32 Å². The fourth-order valence-corrected chi connectivity index (χ4v) is 2.04. The summed E-state index contributed by atoms with van der Waals surface area (Å²) in [6.45, 7) is 2.18. The van der Waals surface area contributed by atoms with Crippen molar-refractivity contribution < 1.29 is 41.8 Å². The molecule has 4 heteroatoms. The molecule has 108 valence electrons. The Kier molecular flexibility index (Phi) is 10.8. The van der Waals surface area contributed by atoms with E-state index in [2.05, 4.69) is 72.4 Å². The number of aromatic nitrogens is 2. The molecular formula is C17H26BN2Y+2. The van der Waals surface area contributed by atoms with Gasteiger partial charge in [-0.05, 0) is 24.0 Å². The van der Waals surface area contributed by atoms with Crippen LogP contribution < -0.4 is 9.13 Å². The maximum Gasteiger partial charge on any atom is 0.200 e. The summed E-state index contributed by atoms with van der Waals surface area (Å²) in [7, 11) is 4.33. The minimum absolute atomic E-state index is 0. The molecule has 0 atom stereocenters. The Morgan fingerprint density at radius 1 is 0.905 bits per heavy atom. The fourth-order valence-electron chi connectivity index (χ4n) is 2.04. The number of rotatable bonds is 6. The molecule has 2 radical (unpaired) electrons. The summed E-state index contributed by atoms with van der Waals surface area (Å²) >= 11 is 0. The molecule has 2 aromatic rings. The largest absolute Gasteiger partial charge is 0.214 e. The third kappa shape index (κ3) is 7.33. The first-order valence-electron chi connectivity index (χ1n) is 7.01. The fraction of sp³-hybridized carbons (Fsp3) is 0.412. The Labute approximate surface area is 155 Å². The standard InChI is InChI=1S/C16H22BN2.CH4.Y/c1-3-17-14-19-12-8-16(9-13-19)5-4-15-6-10-18(2)11-7-15;;/h6-13H,3-5,14H2,1-2H3;1H4;/q+2;;. The Morgan fingerprint density at radius 3 is 1.86 bits per heavy atom. The topological polar surface area (TPSA) is 7.76 Å². The molecule has 0 aliphatic heterocycles. The Morgan fingerprint density at radius 2 is 1.38 bits per heavy atom. The smallest absolute Gasteiger partial charge is 0.200 e. The SMILES string of the molecule is C.CC[B]C[n+]1ccc(CCc2cc[n+](C)cc2)cc1.[Y]. The van der Waals surface area contributed by atoms with Crippen LogP contribution in [0.15, 0.2) is 49.1 Å². The number of hydrogen-bond acceptors (Lipinski definition) is 0. The van der Waals surface area contributed by atoms with Crippen molar-refractivity contribution in [2.24, 2.45) is 7.05 Å². The normalized spacial score (nSPS) is 9.43. The van der Waals surface area contributed by atoms with Gasteiger partial charge in [-0.2, -0.15) is 0 Å². The van der Waals surface area contributed by atoms with E-state index < -0.39 is 0 Å². The van der Waals surface area contributed by atoms with E-state index in [1.165, 1.54) is 11.1 Å². The molecule has 0 aromatic carbocycles. The molecule has 0 amide bonds. The zero-order chi connectivity index (χ0) is 13.5. The third-order valence-corrected chi connectivity index (χ3v) is 3.34. The quantitative estimate of drug-likeness (QED) is 0.553. The maximum absolute atomic E-state index is 2.28. The summed E-state index contributed by atoms with van der Waals surface area (Å²) in [4.78, 5) is 0. The summed E-state index contributed by atoms with van der Waals surface area (Å²) < 4.78 is 4.29. The van der Waals surface area contributed by atoms with Crippen LogP contribution in [-0.4, -0.2) is 7.28 Å². The van der Waals surface area contributed by atoms with Crippen molar-refractivity contribution in [1.82, 2.24) is 0 Å². The first kappa shape index (κ1) is 20.5. The molecule has 2 aromatic heterocycles. The van der Waals surface area contributed by atoms with Crippen molar-refractivity contribution in [3.8, 4) is 0 Å². The predicted octanol–water partition coefficient (Wildman–Crippen LogP) is 2.32. The van der Waals surface area contributed by atoms with E-state index in [0.717, 1.165) is 25.6 Å². The van der Waals surface area contributed by atoms with Gasteiger partial charge in [-0.1, -0.05) is 20.7 Å². The average Bonchev–Trinajstić information content (AvgIpc) is 2.46. The molecular weight excluding hydrogens is 332 g/mol. The first-order valence-corrected chi connectivity index (χ1v) is 7.01. The molecule has 2 rings (SSSR count). The van der Waals surface area contributed by atoms with Crippen molar-refractivity contribution in [1.29, 1.82) is 0 Å². The molecule has 2 heterocycles. The Balaban J connectivity index is 0.00000200. The number of hydrogen-bond donors (Lipinski definition) is 0. The van der Waals surface area contributed by atoms with Gasteiger partial charge in [0.25, 0.3) is 0 Å². The molecule has 0 spiro atoms. The zero-order valence-electron chi connectivity index (χ0n) is 12.5. The van der Waals surface area contributed by atoms with Gasteiger partial charge in [-0.15, -0.1) is 0 Å². The van der Waals surface area contributed by atoms with Gasteiger partial charge in [0.1, 0.15) is 13.5 Å². The van der Waals surface area contributed by atoms with E-state index in [9.17, 15) is 0 Å². The van der Waals surface area contributed by atoms with E-state index in [0.29, 0.717) is 0 Å². The molecule has 0 bridgehead atoms. The maximum atomic E-state index is 2.28. The second-order valence-electron chi connectivity index (χ2n) is 4.97. The van der Waals surface area contributed by atoms with Crippen molar-refractivity contribution in [2.45, 2.75) is 40.0 Å². The number of aryl methyl sites for hydroxylation is 3. The Hall–Kier alpha value is -0.531. The minimum atomic E-state index is 0.